The molecule has 0 radical (unpaired) electrons. The Hall–Kier alpha value is -3.21. The number of halogens is 1. The number of carbonyl (C=O) groups excluding carboxylic acids is 1. The Morgan fingerprint density at radius 3 is 2.56 bits per heavy atom. The molecule has 3 aromatic rings. The normalized spacial score (nSPS) is 10.4. The number of nitrogens with one attached hydrogen (secondary N) is 2. The molecule has 0 aliphatic heterocycles. The Morgan fingerprint density at radius 1 is 1.00 bits per heavy atom. The van der Waals surface area contributed by atoms with Crippen molar-refractivity contribution < 1.29 is 9.18 Å². The highest BCUT2D eigenvalue weighted by Crippen LogP contribution is 2.21. The maximum atomic E-state index is 13.7. The van der Waals surface area contributed by atoms with Crippen LogP contribution >= 0.6 is 0 Å². The first-order chi connectivity index (χ1) is 12.0. The third-order valence-corrected chi connectivity index (χ3v) is 3.78. The fourth-order valence-electron chi connectivity index (χ4n) is 2.50. The molecule has 0 spiro atoms. The second kappa shape index (κ2) is 7.13. The number of hydrogen-bond acceptors (Lipinski definition) is 3. The Balaban J connectivity index is 1.79. The van der Waals surface area contributed by atoms with Crippen molar-refractivity contribution in [2.24, 2.45) is 0 Å². The van der Waals surface area contributed by atoms with Crippen molar-refractivity contribution in [2.75, 3.05) is 10.6 Å². The fourth-order valence-corrected chi connectivity index (χ4v) is 2.50. The van der Waals surface area contributed by atoms with Crippen LogP contribution in [0.5, 0.6) is 0 Å². The monoisotopic (exact) mass is 335 g/mol. The van der Waals surface area contributed by atoms with Crippen LogP contribution in [0.25, 0.3) is 0 Å². The van der Waals surface area contributed by atoms with E-state index in [1.54, 1.807) is 30.5 Å². The second-order valence-corrected chi connectivity index (χ2v) is 5.84. The summed E-state index contributed by atoms with van der Waals surface area (Å²) in [4.78, 5) is 16.5. The minimum atomic E-state index is -0.368. The average Bonchev–Trinajstić information content (AvgIpc) is 2.60. The minimum absolute atomic E-state index is 0.267. The van der Waals surface area contributed by atoms with Gasteiger partial charge in [-0.1, -0.05) is 29.8 Å². The van der Waals surface area contributed by atoms with Gasteiger partial charge in [-0.2, -0.15) is 0 Å². The maximum Gasteiger partial charge on any atom is 0.257 e. The van der Waals surface area contributed by atoms with E-state index in [1.807, 2.05) is 32.0 Å². The number of hydrogen-bond donors (Lipinski definition) is 2. The molecule has 2 aromatic carbocycles. The standard InChI is InChI=1S/C20H18FN3O/c1-13-7-8-18(14(2)9-13)24-20(25)15-10-16(12-22-11-15)23-19-6-4-3-5-17(19)21/h3-12,23H,1-2H3,(H,24,25). The molecule has 0 fully saturated rings. The molecule has 1 aromatic heterocycles. The van der Waals surface area contributed by atoms with Crippen molar-refractivity contribution in [3.05, 3.63) is 83.4 Å². The van der Waals surface area contributed by atoms with E-state index in [0.717, 1.165) is 16.8 Å². The number of para-hydroxylation sites is 1. The van der Waals surface area contributed by atoms with Crippen LogP contribution in [0.2, 0.25) is 0 Å². The van der Waals surface area contributed by atoms with Gasteiger partial charge in [0.15, 0.2) is 0 Å². The van der Waals surface area contributed by atoms with Crippen molar-refractivity contribution in [1.82, 2.24) is 4.98 Å². The summed E-state index contributed by atoms with van der Waals surface area (Å²) >= 11 is 0. The quantitative estimate of drug-likeness (QED) is 0.718. The molecule has 25 heavy (non-hydrogen) atoms. The zero-order chi connectivity index (χ0) is 17.8. The summed E-state index contributed by atoms with van der Waals surface area (Å²) in [5.41, 5.74) is 4.13. The van der Waals surface area contributed by atoms with E-state index in [4.69, 9.17) is 0 Å². The molecule has 0 saturated heterocycles. The summed E-state index contributed by atoms with van der Waals surface area (Å²) < 4.78 is 13.7. The van der Waals surface area contributed by atoms with Crippen molar-refractivity contribution >= 4 is 23.0 Å². The van der Waals surface area contributed by atoms with Gasteiger partial charge in [-0.3, -0.25) is 9.78 Å². The van der Waals surface area contributed by atoms with E-state index in [-0.39, 0.29) is 11.7 Å². The summed E-state index contributed by atoms with van der Waals surface area (Å²) in [5.74, 6) is -0.635. The summed E-state index contributed by atoms with van der Waals surface area (Å²) in [7, 11) is 0. The molecule has 0 saturated carbocycles. The van der Waals surface area contributed by atoms with Crippen molar-refractivity contribution in [1.29, 1.82) is 0 Å². The molecular weight excluding hydrogens is 317 g/mol. The summed E-state index contributed by atoms with van der Waals surface area (Å²) in [5, 5.41) is 5.81. The Morgan fingerprint density at radius 2 is 1.80 bits per heavy atom. The SMILES string of the molecule is Cc1ccc(NC(=O)c2cncc(Nc3ccccc3F)c2)c(C)c1. The lowest BCUT2D eigenvalue weighted by molar-refractivity contribution is 0.102. The van der Waals surface area contributed by atoms with Gasteiger partial charge in [0.1, 0.15) is 5.82 Å². The number of aromatic nitrogens is 1. The number of rotatable bonds is 4. The predicted octanol–water partition coefficient (Wildman–Crippen LogP) is 4.83. The van der Waals surface area contributed by atoms with Crippen LogP contribution in [0.1, 0.15) is 21.5 Å². The van der Waals surface area contributed by atoms with Gasteiger partial charge in [-0.05, 0) is 43.7 Å². The fraction of sp³-hybridized carbons (Fsp3) is 0.100. The molecule has 0 atom stereocenters. The number of aryl methyl sites for hydroxylation is 2. The maximum absolute atomic E-state index is 13.7. The van der Waals surface area contributed by atoms with Crippen LogP contribution in [-0.4, -0.2) is 10.9 Å². The lowest BCUT2D eigenvalue weighted by Gasteiger charge is -2.11. The number of pyridine rings is 1. The molecular formula is C20H18FN3O. The smallest absolute Gasteiger partial charge is 0.257 e. The van der Waals surface area contributed by atoms with E-state index in [2.05, 4.69) is 15.6 Å². The van der Waals surface area contributed by atoms with Gasteiger partial charge in [0.05, 0.1) is 23.1 Å². The molecule has 4 nitrogen and oxygen atoms in total. The number of anilines is 3. The van der Waals surface area contributed by atoms with Crippen LogP contribution < -0.4 is 10.6 Å². The molecule has 1 amide bonds. The third-order valence-electron chi connectivity index (χ3n) is 3.78. The Kier molecular flexibility index (Phi) is 4.75. The van der Waals surface area contributed by atoms with Gasteiger partial charge in [0.25, 0.3) is 5.91 Å². The van der Waals surface area contributed by atoms with Crippen molar-refractivity contribution in [3.63, 3.8) is 0 Å². The third kappa shape index (κ3) is 4.01. The first kappa shape index (κ1) is 16.6. The first-order valence-corrected chi connectivity index (χ1v) is 7.88. The number of benzene rings is 2. The van der Waals surface area contributed by atoms with Crippen LogP contribution in [0.3, 0.4) is 0 Å². The van der Waals surface area contributed by atoms with E-state index in [9.17, 15) is 9.18 Å². The minimum Gasteiger partial charge on any atom is -0.352 e. The topological polar surface area (TPSA) is 54.0 Å². The lowest BCUT2D eigenvalue weighted by Crippen LogP contribution is -2.13. The molecule has 1 heterocycles. The van der Waals surface area contributed by atoms with E-state index < -0.39 is 0 Å². The highest BCUT2D eigenvalue weighted by Gasteiger charge is 2.10. The highest BCUT2D eigenvalue weighted by atomic mass is 19.1. The van der Waals surface area contributed by atoms with Gasteiger partial charge >= 0.3 is 0 Å². The van der Waals surface area contributed by atoms with Crippen LogP contribution in [-0.2, 0) is 0 Å². The van der Waals surface area contributed by atoms with E-state index in [1.165, 1.54) is 12.3 Å². The first-order valence-electron chi connectivity index (χ1n) is 7.88. The molecule has 2 N–H and O–H groups in total. The summed E-state index contributed by atoms with van der Waals surface area (Å²) in [6.07, 6.45) is 3.02. The van der Waals surface area contributed by atoms with Gasteiger partial charge in [-0.25, -0.2) is 4.39 Å². The highest BCUT2D eigenvalue weighted by molar-refractivity contribution is 6.05. The molecule has 0 unspecified atom stereocenters. The van der Waals surface area contributed by atoms with Gasteiger partial charge in [-0.15, -0.1) is 0 Å². The van der Waals surface area contributed by atoms with Crippen LogP contribution in [0, 0.1) is 19.7 Å². The molecule has 0 aliphatic rings. The lowest BCUT2D eigenvalue weighted by atomic mass is 10.1. The molecule has 126 valence electrons. The van der Waals surface area contributed by atoms with Gasteiger partial charge in [0.2, 0.25) is 0 Å². The molecule has 3 rings (SSSR count). The largest absolute Gasteiger partial charge is 0.352 e. The zero-order valence-electron chi connectivity index (χ0n) is 14.0. The van der Waals surface area contributed by atoms with Gasteiger partial charge in [0, 0.05) is 11.9 Å². The molecule has 5 heteroatoms. The Bertz CT molecular complexity index is 924. The zero-order valence-corrected chi connectivity index (χ0v) is 14.0. The molecule has 0 bridgehead atoms. The molecule has 0 aliphatic carbocycles. The van der Waals surface area contributed by atoms with Crippen molar-refractivity contribution in [2.45, 2.75) is 13.8 Å². The van der Waals surface area contributed by atoms with E-state index >= 15 is 0 Å². The number of nitrogens with zero attached hydrogens (tertiary/aromatic N) is 1. The van der Waals surface area contributed by atoms with Gasteiger partial charge < -0.3 is 10.6 Å². The van der Waals surface area contributed by atoms with Crippen LogP contribution in [0.15, 0.2) is 60.9 Å². The van der Waals surface area contributed by atoms with Crippen LogP contribution in [0.4, 0.5) is 21.5 Å². The summed E-state index contributed by atoms with van der Waals surface area (Å²) in [6.45, 7) is 3.94. The Labute approximate surface area is 145 Å². The predicted molar refractivity (Wildman–Crippen MR) is 97.8 cm³/mol. The van der Waals surface area contributed by atoms with Crippen molar-refractivity contribution in [3.8, 4) is 0 Å². The number of amides is 1. The second-order valence-electron chi connectivity index (χ2n) is 5.84. The average molecular weight is 335 g/mol. The van der Waals surface area contributed by atoms with E-state index in [0.29, 0.717) is 16.9 Å². The summed E-state index contributed by atoms with van der Waals surface area (Å²) in [6, 6.07) is 13.8. The number of carbonyl (C=O) groups is 1.